The van der Waals surface area contributed by atoms with Crippen LogP contribution in [0.2, 0.25) is 0 Å². The van der Waals surface area contributed by atoms with E-state index >= 15 is 0 Å². The summed E-state index contributed by atoms with van der Waals surface area (Å²) >= 11 is 0. The topological polar surface area (TPSA) is 44.8 Å². The summed E-state index contributed by atoms with van der Waals surface area (Å²) in [6.45, 7) is 3.24. The molecule has 16 heavy (non-hydrogen) atoms. The van der Waals surface area contributed by atoms with E-state index in [1.807, 2.05) is 6.92 Å². The van der Waals surface area contributed by atoms with E-state index in [2.05, 4.69) is 0 Å². The van der Waals surface area contributed by atoms with E-state index in [1.54, 1.807) is 7.11 Å². The van der Waals surface area contributed by atoms with Crippen molar-refractivity contribution in [1.29, 1.82) is 0 Å². The minimum Gasteiger partial charge on any atom is -0.465 e. The SMILES string of the molecule is CCOC(OC)C1CC2(CC(OC=O)C2)C1. The standard InChI is InChI=1S/C12H20O4/c1-3-15-11(14-2)9-4-12(5-9)6-10(7-12)16-8-13/h8-11H,3-7H2,1-2H3. The summed E-state index contributed by atoms with van der Waals surface area (Å²) in [6.07, 6.45) is 4.43. The lowest BCUT2D eigenvalue weighted by atomic mass is 9.50. The third kappa shape index (κ3) is 2.09. The van der Waals surface area contributed by atoms with Crippen LogP contribution in [0.4, 0.5) is 0 Å². The summed E-state index contributed by atoms with van der Waals surface area (Å²) in [4.78, 5) is 10.2. The Morgan fingerprint density at radius 2 is 2.06 bits per heavy atom. The monoisotopic (exact) mass is 228 g/mol. The van der Waals surface area contributed by atoms with E-state index in [1.165, 1.54) is 0 Å². The quantitative estimate of drug-likeness (QED) is 0.513. The minimum absolute atomic E-state index is 0.0540. The van der Waals surface area contributed by atoms with Crippen molar-refractivity contribution in [3.8, 4) is 0 Å². The summed E-state index contributed by atoms with van der Waals surface area (Å²) < 4.78 is 15.8. The van der Waals surface area contributed by atoms with Gasteiger partial charge < -0.3 is 14.2 Å². The van der Waals surface area contributed by atoms with Crippen molar-refractivity contribution in [3.05, 3.63) is 0 Å². The number of rotatable bonds is 6. The first-order valence-electron chi connectivity index (χ1n) is 5.96. The van der Waals surface area contributed by atoms with E-state index in [0.29, 0.717) is 24.4 Å². The van der Waals surface area contributed by atoms with Crippen LogP contribution in [0.5, 0.6) is 0 Å². The molecule has 2 saturated carbocycles. The molecule has 1 spiro atoms. The summed E-state index contributed by atoms with van der Waals surface area (Å²) in [7, 11) is 1.70. The Morgan fingerprint density at radius 3 is 2.56 bits per heavy atom. The maximum Gasteiger partial charge on any atom is 0.293 e. The highest BCUT2D eigenvalue weighted by Crippen LogP contribution is 2.60. The lowest BCUT2D eigenvalue weighted by Crippen LogP contribution is -2.54. The third-order valence-corrected chi connectivity index (χ3v) is 3.91. The first-order valence-corrected chi connectivity index (χ1v) is 5.96. The molecule has 4 nitrogen and oxygen atoms in total. The third-order valence-electron chi connectivity index (χ3n) is 3.91. The Morgan fingerprint density at radius 1 is 1.38 bits per heavy atom. The van der Waals surface area contributed by atoms with E-state index in [4.69, 9.17) is 14.2 Å². The first-order chi connectivity index (χ1) is 7.73. The van der Waals surface area contributed by atoms with Gasteiger partial charge in [0.25, 0.3) is 6.47 Å². The minimum atomic E-state index is -0.0540. The molecular weight excluding hydrogens is 208 g/mol. The van der Waals surface area contributed by atoms with Gasteiger partial charge in [0.15, 0.2) is 6.29 Å². The molecule has 0 bridgehead atoms. The molecule has 2 aliphatic carbocycles. The highest BCUT2D eigenvalue weighted by molar-refractivity contribution is 5.38. The average Bonchev–Trinajstić information content (AvgIpc) is 2.17. The molecule has 0 aromatic carbocycles. The number of hydrogen-bond acceptors (Lipinski definition) is 4. The van der Waals surface area contributed by atoms with Gasteiger partial charge in [-0.1, -0.05) is 0 Å². The van der Waals surface area contributed by atoms with Gasteiger partial charge in [0, 0.05) is 19.6 Å². The molecule has 0 N–H and O–H groups in total. The molecule has 0 amide bonds. The number of carbonyl (C=O) groups excluding carboxylic acids is 1. The molecule has 2 fully saturated rings. The van der Waals surface area contributed by atoms with E-state index < -0.39 is 0 Å². The highest BCUT2D eigenvalue weighted by atomic mass is 16.7. The molecule has 4 heteroatoms. The van der Waals surface area contributed by atoms with Gasteiger partial charge in [-0.25, -0.2) is 0 Å². The van der Waals surface area contributed by atoms with Crippen molar-refractivity contribution in [1.82, 2.24) is 0 Å². The number of methoxy groups -OCH3 is 1. The van der Waals surface area contributed by atoms with Gasteiger partial charge in [-0.05, 0) is 38.0 Å². The van der Waals surface area contributed by atoms with Crippen molar-refractivity contribution in [2.45, 2.75) is 45.0 Å². The highest BCUT2D eigenvalue weighted by Gasteiger charge is 2.55. The van der Waals surface area contributed by atoms with Crippen LogP contribution in [0.3, 0.4) is 0 Å². The Hall–Kier alpha value is -0.610. The maximum absolute atomic E-state index is 10.2. The second kappa shape index (κ2) is 4.72. The first kappa shape index (κ1) is 11.9. The lowest BCUT2D eigenvalue weighted by Gasteiger charge is -2.57. The average molecular weight is 228 g/mol. The van der Waals surface area contributed by atoms with Gasteiger partial charge in [-0.3, -0.25) is 4.79 Å². The van der Waals surface area contributed by atoms with E-state index in [0.717, 1.165) is 25.7 Å². The molecule has 1 unspecified atom stereocenters. The van der Waals surface area contributed by atoms with Crippen molar-refractivity contribution in [2.24, 2.45) is 11.3 Å². The number of ether oxygens (including phenoxy) is 3. The molecule has 2 rings (SSSR count). The molecule has 92 valence electrons. The van der Waals surface area contributed by atoms with Crippen molar-refractivity contribution < 1.29 is 19.0 Å². The van der Waals surface area contributed by atoms with Crippen LogP contribution < -0.4 is 0 Å². The van der Waals surface area contributed by atoms with Crippen molar-refractivity contribution >= 4 is 6.47 Å². The molecular formula is C12H20O4. The zero-order chi connectivity index (χ0) is 11.6. The smallest absolute Gasteiger partial charge is 0.293 e. The lowest BCUT2D eigenvalue weighted by molar-refractivity contribution is -0.221. The Labute approximate surface area is 96.2 Å². The van der Waals surface area contributed by atoms with Crippen LogP contribution in [-0.4, -0.2) is 32.6 Å². The summed E-state index contributed by atoms with van der Waals surface area (Å²) in [6, 6.07) is 0. The Kier molecular flexibility index (Phi) is 3.50. The number of hydrogen-bond donors (Lipinski definition) is 0. The van der Waals surface area contributed by atoms with Crippen LogP contribution in [0.15, 0.2) is 0 Å². The van der Waals surface area contributed by atoms with Crippen molar-refractivity contribution in [3.63, 3.8) is 0 Å². The summed E-state index contributed by atoms with van der Waals surface area (Å²) in [5.41, 5.74) is 0.423. The zero-order valence-corrected chi connectivity index (χ0v) is 9.98. The second-order valence-electron chi connectivity index (χ2n) is 4.99. The number of carbonyl (C=O) groups is 1. The molecule has 0 heterocycles. The van der Waals surface area contributed by atoms with Crippen LogP contribution >= 0.6 is 0 Å². The van der Waals surface area contributed by atoms with Gasteiger partial charge in [0.2, 0.25) is 0 Å². The fourth-order valence-electron chi connectivity index (χ4n) is 3.22. The predicted molar refractivity (Wildman–Crippen MR) is 57.8 cm³/mol. The van der Waals surface area contributed by atoms with Crippen LogP contribution in [0.25, 0.3) is 0 Å². The van der Waals surface area contributed by atoms with Gasteiger partial charge in [0.05, 0.1) is 0 Å². The fraction of sp³-hybridized carbons (Fsp3) is 0.917. The molecule has 1 atom stereocenters. The van der Waals surface area contributed by atoms with E-state index in [9.17, 15) is 4.79 Å². The Balaban J connectivity index is 1.71. The Bertz CT molecular complexity index is 239. The van der Waals surface area contributed by atoms with Gasteiger partial charge in [-0.2, -0.15) is 0 Å². The molecule has 0 aromatic rings. The van der Waals surface area contributed by atoms with Gasteiger partial charge in [-0.15, -0.1) is 0 Å². The maximum atomic E-state index is 10.2. The summed E-state index contributed by atoms with van der Waals surface area (Å²) in [5, 5.41) is 0. The largest absolute Gasteiger partial charge is 0.465 e. The fourth-order valence-corrected chi connectivity index (χ4v) is 3.22. The van der Waals surface area contributed by atoms with Crippen LogP contribution in [0.1, 0.15) is 32.6 Å². The second-order valence-corrected chi connectivity index (χ2v) is 4.99. The molecule has 0 aromatic heterocycles. The van der Waals surface area contributed by atoms with Crippen LogP contribution in [-0.2, 0) is 19.0 Å². The normalized spacial score (nSPS) is 38.6. The van der Waals surface area contributed by atoms with Crippen molar-refractivity contribution in [2.75, 3.05) is 13.7 Å². The zero-order valence-electron chi connectivity index (χ0n) is 9.98. The summed E-state index contributed by atoms with van der Waals surface area (Å²) in [5.74, 6) is 0.516. The van der Waals surface area contributed by atoms with Crippen LogP contribution in [0, 0.1) is 11.3 Å². The van der Waals surface area contributed by atoms with Gasteiger partial charge in [0.1, 0.15) is 6.10 Å². The predicted octanol–water partition coefficient (Wildman–Crippen LogP) is 1.73. The molecule has 0 radical (unpaired) electrons. The molecule has 2 aliphatic rings. The molecule has 0 aliphatic heterocycles. The molecule has 0 saturated heterocycles. The van der Waals surface area contributed by atoms with E-state index in [-0.39, 0.29) is 12.4 Å². The van der Waals surface area contributed by atoms with Gasteiger partial charge >= 0.3 is 0 Å².